The molecule has 5 nitrogen and oxygen atoms in total. The molecule has 1 N–H and O–H groups in total. The molecule has 0 fully saturated rings. The molecule has 1 aromatic heterocycles. The molecule has 1 aliphatic rings. The Balaban J connectivity index is 1.76. The molecular weight excluding hydrogens is 333 g/mol. The number of aromatic nitrogens is 2. The minimum Gasteiger partial charge on any atom is -0.340 e. The first kappa shape index (κ1) is 17.5. The van der Waals surface area contributed by atoms with Crippen molar-refractivity contribution in [3.63, 3.8) is 0 Å². The zero-order chi connectivity index (χ0) is 18.2. The van der Waals surface area contributed by atoms with Crippen LogP contribution >= 0.6 is 0 Å². The van der Waals surface area contributed by atoms with Gasteiger partial charge in [-0.05, 0) is 17.7 Å². The highest BCUT2D eigenvalue weighted by Crippen LogP contribution is 2.30. The van der Waals surface area contributed by atoms with Gasteiger partial charge in [0.2, 0.25) is 5.91 Å². The van der Waals surface area contributed by atoms with Crippen LogP contribution in [0.15, 0.2) is 30.5 Å². The Morgan fingerprint density at radius 3 is 2.92 bits per heavy atom. The van der Waals surface area contributed by atoms with E-state index in [9.17, 15) is 18.0 Å². The molecule has 3 rings (SSSR count). The molecule has 134 valence electrons. The largest absolute Gasteiger partial charge is 0.416 e. The number of rotatable bonds is 3. The van der Waals surface area contributed by atoms with Crippen molar-refractivity contribution in [1.29, 1.82) is 0 Å². The lowest BCUT2D eigenvalue weighted by molar-refractivity contribution is -0.137. The lowest BCUT2D eigenvalue weighted by Crippen LogP contribution is -2.42. The molecule has 0 saturated heterocycles. The van der Waals surface area contributed by atoms with Gasteiger partial charge in [0, 0.05) is 44.9 Å². The predicted molar refractivity (Wildman–Crippen MR) is 85.6 cm³/mol. The Morgan fingerprint density at radius 1 is 1.44 bits per heavy atom. The Hall–Kier alpha value is -2.35. The van der Waals surface area contributed by atoms with E-state index in [0.29, 0.717) is 12.1 Å². The van der Waals surface area contributed by atoms with Gasteiger partial charge in [-0.1, -0.05) is 12.1 Å². The molecule has 1 amide bonds. The number of nitrogens with one attached hydrogen (secondary N) is 1. The summed E-state index contributed by atoms with van der Waals surface area (Å²) in [6, 6.07) is 4.52. The summed E-state index contributed by atoms with van der Waals surface area (Å²) in [7, 11) is 3.42. The zero-order valence-electron chi connectivity index (χ0n) is 14.0. The normalized spacial score (nSPS) is 17.2. The molecule has 1 aliphatic heterocycles. The van der Waals surface area contributed by atoms with Crippen molar-refractivity contribution in [1.82, 2.24) is 20.0 Å². The van der Waals surface area contributed by atoms with E-state index >= 15 is 0 Å². The number of nitrogens with zero attached hydrogens (tertiary/aromatic N) is 3. The fraction of sp³-hybridized carbons (Fsp3) is 0.412. The second-order valence-electron chi connectivity index (χ2n) is 6.20. The molecule has 1 unspecified atom stereocenters. The molecule has 0 radical (unpaired) electrons. The topological polar surface area (TPSA) is 50.2 Å². The highest BCUT2D eigenvalue weighted by Gasteiger charge is 2.32. The summed E-state index contributed by atoms with van der Waals surface area (Å²) >= 11 is 0. The van der Waals surface area contributed by atoms with Gasteiger partial charge in [-0.3, -0.25) is 9.48 Å². The number of carbonyl (C=O) groups excluding carboxylic acids is 1. The van der Waals surface area contributed by atoms with Crippen LogP contribution in [-0.2, 0) is 31.0 Å². The van der Waals surface area contributed by atoms with Crippen molar-refractivity contribution in [3.8, 4) is 0 Å². The molecule has 0 bridgehead atoms. The minimum atomic E-state index is -4.39. The number of likely N-dealkylation sites (N-methyl/N-ethyl adjacent to an activating group) is 1. The van der Waals surface area contributed by atoms with Crippen molar-refractivity contribution < 1.29 is 18.0 Å². The predicted octanol–water partition coefficient (Wildman–Crippen LogP) is 2.28. The van der Waals surface area contributed by atoms with Crippen LogP contribution in [0.3, 0.4) is 0 Å². The van der Waals surface area contributed by atoms with Crippen LogP contribution in [0.1, 0.15) is 28.4 Å². The van der Waals surface area contributed by atoms with Crippen molar-refractivity contribution in [2.24, 2.45) is 7.05 Å². The summed E-state index contributed by atoms with van der Waals surface area (Å²) < 4.78 is 40.2. The second-order valence-corrected chi connectivity index (χ2v) is 6.20. The second kappa shape index (κ2) is 6.51. The van der Waals surface area contributed by atoms with Gasteiger partial charge in [-0.25, -0.2) is 0 Å². The fourth-order valence-corrected chi connectivity index (χ4v) is 3.11. The third-order valence-corrected chi connectivity index (χ3v) is 4.41. The SMILES string of the molecule is CN(Cc1cccc(C(F)(F)F)c1)C(=O)C1NCCc2c1cnn2C. The summed E-state index contributed by atoms with van der Waals surface area (Å²) in [6.07, 6.45) is -1.94. The standard InChI is InChI=1S/C17H19F3N4O/c1-23(10-11-4-3-5-12(8-11)17(18,19)20)16(25)15-13-9-22-24(2)14(13)6-7-21-15/h3-5,8-9,15,21H,6-7,10H2,1-2H3. The summed E-state index contributed by atoms with van der Waals surface area (Å²) in [4.78, 5) is 14.2. The van der Waals surface area contributed by atoms with Crippen LogP contribution in [0.25, 0.3) is 0 Å². The molecule has 2 aromatic rings. The average molecular weight is 352 g/mol. The molecule has 0 spiro atoms. The molecule has 0 aliphatic carbocycles. The van der Waals surface area contributed by atoms with Crippen LogP contribution < -0.4 is 5.32 Å². The van der Waals surface area contributed by atoms with Crippen LogP contribution in [-0.4, -0.2) is 34.2 Å². The number of hydrogen-bond acceptors (Lipinski definition) is 3. The van der Waals surface area contributed by atoms with Gasteiger partial charge in [-0.2, -0.15) is 18.3 Å². The van der Waals surface area contributed by atoms with Crippen LogP contribution in [0.5, 0.6) is 0 Å². The third-order valence-electron chi connectivity index (χ3n) is 4.41. The lowest BCUT2D eigenvalue weighted by Gasteiger charge is -2.28. The van der Waals surface area contributed by atoms with Gasteiger partial charge in [0.1, 0.15) is 6.04 Å². The van der Waals surface area contributed by atoms with E-state index in [1.807, 2.05) is 7.05 Å². The van der Waals surface area contributed by atoms with Gasteiger partial charge in [0.25, 0.3) is 0 Å². The third kappa shape index (κ3) is 3.53. The lowest BCUT2D eigenvalue weighted by atomic mass is 10.00. The zero-order valence-corrected chi connectivity index (χ0v) is 14.0. The maximum atomic E-state index is 12.8. The Morgan fingerprint density at radius 2 is 2.20 bits per heavy atom. The van der Waals surface area contributed by atoms with E-state index in [1.54, 1.807) is 24.0 Å². The van der Waals surface area contributed by atoms with E-state index in [2.05, 4.69) is 10.4 Å². The Labute approximate surface area is 143 Å². The van der Waals surface area contributed by atoms with Crippen molar-refractivity contribution in [3.05, 3.63) is 52.8 Å². The maximum absolute atomic E-state index is 12.8. The van der Waals surface area contributed by atoms with E-state index in [1.165, 1.54) is 11.0 Å². The summed E-state index contributed by atoms with van der Waals surface area (Å²) in [5.41, 5.74) is 1.56. The smallest absolute Gasteiger partial charge is 0.340 e. The number of aryl methyl sites for hydroxylation is 1. The van der Waals surface area contributed by atoms with E-state index in [4.69, 9.17) is 0 Å². The fourth-order valence-electron chi connectivity index (χ4n) is 3.11. The van der Waals surface area contributed by atoms with E-state index in [-0.39, 0.29) is 12.5 Å². The van der Waals surface area contributed by atoms with Gasteiger partial charge in [-0.15, -0.1) is 0 Å². The molecule has 1 atom stereocenters. The number of fused-ring (bicyclic) bond motifs is 1. The minimum absolute atomic E-state index is 0.108. The summed E-state index contributed by atoms with van der Waals surface area (Å²) in [5.74, 6) is -0.189. The Bertz CT molecular complexity index is 784. The van der Waals surface area contributed by atoms with Crippen molar-refractivity contribution in [2.75, 3.05) is 13.6 Å². The number of benzene rings is 1. The number of alkyl halides is 3. The number of carbonyl (C=O) groups is 1. The summed E-state index contributed by atoms with van der Waals surface area (Å²) in [5, 5.41) is 7.36. The number of halogens is 3. The highest BCUT2D eigenvalue weighted by atomic mass is 19.4. The van der Waals surface area contributed by atoms with E-state index in [0.717, 1.165) is 29.8 Å². The molecule has 2 heterocycles. The summed E-state index contributed by atoms with van der Waals surface area (Å²) in [6.45, 7) is 0.761. The maximum Gasteiger partial charge on any atom is 0.416 e. The number of amides is 1. The first-order valence-corrected chi connectivity index (χ1v) is 7.92. The van der Waals surface area contributed by atoms with Gasteiger partial charge in [0.15, 0.2) is 0 Å². The average Bonchev–Trinajstić information content (AvgIpc) is 2.95. The molecular formula is C17H19F3N4O. The quantitative estimate of drug-likeness (QED) is 0.922. The Kier molecular flexibility index (Phi) is 4.55. The van der Waals surface area contributed by atoms with Crippen molar-refractivity contribution >= 4 is 5.91 Å². The monoisotopic (exact) mass is 352 g/mol. The molecule has 0 saturated carbocycles. The first-order chi connectivity index (χ1) is 11.8. The van der Waals surface area contributed by atoms with Gasteiger partial charge in [0.05, 0.1) is 11.8 Å². The first-order valence-electron chi connectivity index (χ1n) is 7.92. The van der Waals surface area contributed by atoms with Crippen molar-refractivity contribution in [2.45, 2.75) is 25.2 Å². The molecule has 8 heteroatoms. The van der Waals surface area contributed by atoms with Gasteiger partial charge < -0.3 is 10.2 Å². The number of hydrogen-bond donors (Lipinski definition) is 1. The molecule has 1 aromatic carbocycles. The molecule has 25 heavy (non-hydrogen) atoms. The van der Waals surface area contributed by atoms with Crippen LogP contribution in [0.2, 0.25) is 0 Å². The highest BCUT2D eigenvalue weighted by molar-refractivity contribution is 5.83. The van der Waals surface area contributed by atoms with E-state index < -0.39 is 17.8 Å². The van der Waals surface area contributed by atoms with Gasteiger partial charge >= 0.3 is 6.18 Å². The van der Waals surface area contributed by atoms with Crippen LogP contribution in [0.4, 0.5) is 13.2 Å². The van der Waals surface area contributed by atoms with Crippen LogP contribution in [0, 0.1) is 0 Å².